The molecule has 42 heavy (non-hydrogen) atoms. The van der Waals surface area contributed by atoms with Crippen LogP contribution in [0.2, 0.25) is 0 Å². The first-order valence-corrected chi connectivity index (χ1v) is 18.6. The molecule has 5 heteroatoms. The van der Waals surface area contributed by atoms with Gasteiger partial charge in [0.15, 0.2) is 18.0 Å². The second-order valence-electron chi connectivity index (χ2n) is 12.8. The summed E-state index contributed by atoms with van der Waals surface area (Å²) in [5, 5.41) is 19.9. The van der Waals surface area contributed by atoms with Crippen LogP contribution in [0.1, 0.15) is 206 Å². The molecule has 0 aliphatic carbocycles. The zero-order valence-corrected chi connectivity index (χ0v) is 28.2. The summed E-state index contributed by atoms with van der Waals surface area (Å²) in [6, 6.07) is 0. The van der Waals surface area contributed by atoms with Gasteiger partial charge in [0.05, 0.1) is 6.61 Å². The van der Waals surface area contributed by atoms with Crippen molar-refractivity contribution in [2.45, 2.75) is 219 Å². The highest BCUT2D eigenvalue weighted by Crippen LogP contribution is 2.16. The average Bonchev–Trinajstić information content (AvgIpc) is 2.99. The molecule has 2 N–H and O–H groups in total. The molecule has 0 aliphatic rings. The van der Waals surface area contributed by atoms with Crippen molar-refractivity contribution >= 4 is 11.8 Å². The van der Waals surface area contributed by atoms with Crippen LogP contribution in [0.15, 0.2) is 0 Å². The van der Waals surface area contributed by atoms with Crippen molar-refractivity contribution in [3.8, 4) is 0 Å². The number of ketones is 1. The molecule has 0 radical (unpaired) electrons. The summed E-state index contributed by atoms with van der Waals surface area (Å²) in [7, 11) is 0. The van der Waals surface area contributed by atoms with E-state index in [-0.39, 0.29) is 18.6 Å². The fourth-order valence-electron chi connectivity index (χ4n) is 5.74. The monoisotopic (exact) mass is 597 g/mol. The second-order valence-corrected chi connectivity index (χ2v) is 12.8. The summed E-state index contributed by atoms with van der Waals surface area (Å²) >= 11 is 0. The summed E-state index contributed by atoms with van der Waals surface area (Å²) in [6.07, 6.45) is 33.0. The second kappa shape index (κ2) is 33.0. The van der Waals surface area contributed by atoms with E-state index < -0.39 is 24.8 Å². The Kier molecular flexibility index (Phi) is 32.2. The quantitative estimate of drug-likeness (QED) is 0.0570. The van der Waals surface area contributed by atoms with Crippen LogP contribution in [0.5, 0.6) is 0 Å². The van der Waals surface area contributed by atoms with Crippen LogP contribution in [0.3, 0.4) is 0 Å². The largest absolute Gasteiger partial charge is 0.457 e. The molecule has 0 aliphatic heterocycles. The number of Topliss-reactive ketones (excluding diaryl/α,β-unsaturated/α-hetero) is 1. The number of carbonyl (C=O) groups is 2. The van der Waals surface area contributed by atoms with Crippen molar-refractivity contribution in [3.05, 3.63) is 0 Å². The van der Waals surface area contributed by atoms with Gasteiger partial charge in [-0.3, -0.25) is 9.59 Å². The molecule has 0 spiro atoms. The van der Waals surface area contributed by atoms with Gasteiger partial charge in [-0.05, 0) is 12.8 Å². The fourth-order valence-corrected chi connectivity index (χ4v) is 5.74. The summed E-state index contributed by atoms with van der Waals surface area (Å²) in [4.78, 5) is 24.6. The van der Waals surface area contributed by atoms with Crippen LogP contribution in [-0.2, 0) is 14.3 Å². The molecule has 0 amide bonds. The van der Waals surface area contributed by atoms with Crippen LogP contribution in [0.25, 0.3) is 0 Å². The Morgan fingerprint density at radius 2 is 0.762 bits per heavy atom. The zero-order valence-electron chi connectivity index (χ0n) is 28.2. The minimum Gasteiger partial charge on any atom is -0.457 e. The summed E-state index contributed by atoms with van der Waals surface area (Å²) in [6.45, 7) is 3.99. The van der Waals surface area contributed by atoms with Gasteiger partial charge >= 0.3 is 5.97 Å². The summed E-state index contributed by atoms with van der Waals surface area (Å²) < 4.78 is 5.26. The minimum atomic E-state index is -1.43. The third-order valence-electron chi connectivity index (χ3n) is 8.66. The minimum absolute atomic E-state index is 0.270. The molecule has 0 bridgehead atoms. The normalized spacial score (nSPS) is 12.9. The van der Waals surface area contributed by atoms with Gasteiger partial charge in [0.2, 0.25) is 0 Å². The van der Waals surface area contributed by atoms with E-state index in [9.17, 15) is 19.8 Å². The molecule has 0 saturated carbocycles. The lowest BCUT2D eigenvalue weighted by Gasteiger charge is -2.20. The number of aliphatic hydroxyl groups excluding tert-OH is 2. The van der Waals surface area contributed by atoms with Gasteiger partial charge in [-0.2, -0.15) is 0 Å². The molecule has 0 heterocycles. The highest BCUT2D eigenvalue weighted by Gasteiger charge is 2.28. The number of hydrogen-bond donors (Lipinski definition) is 2. The van der Waals surface area contributed by atoms with Crippen molar-refractivity contribution in [1.29, 1.82) is 0 Å². The third-order valence-corrected chi connectivity index (χ3v) is 8.66. The maximum absolute atomic E-state index is 12.4. The zero-order chi connectivity index (χ0) is 30.9. The van der Waals surface area contributed by atoms with Crippen LogP contribution in [-0.4, -0.2) is 40.8 Å². The lowest BCUT2D eigenvalue weighted by atomic mass is 10.0. The number of carbonyl (C=O) groups excluding carboxylic acids is 2. The van der Waals surface area contributed by atoms with Crippen molar-refractivity contribution < 1.29 is 24.5 Å². The Bertz CT molecular complexity index is 579. The van der Waals surface area contributed by atoms with E-state index in [0.717, 1.165) is 38.5 Å². The van der Waals surface area contributed by atoms with Crippen molar-refractivity contribution in [2.75, 3.05) is 6.61 Å². The molecule has 0 aromatic heterocycles. The first kappa shape index (κ1) is 41.1. The molecule has 2 atom stereocenters. The van der Waals surface area contributed by atoms with E-state index in [1.165, 1.54) is 141 Å². The first-order chi connectivity index (χ1) is 20.6. The smallest absolute Gasteiger partial charge is 0.306 e. The molecule has 0 saturated heterocycles. The lowest BCUT2D eigenvalue weighted by molar-refractivity contribution is -0.161. The number of hydrogen-bond acceptors (Lipinski definition) is 5. The van der Waals surface area contributed by atoms with Gasteiger partial charge < -0.3 is 14.9 Å². The Morgan fingerprint density at radius 1 is 0.476 bits per heavy atom. The fraction of sp³-hybridized carbons (Fsp3) is 0.946. The Labute approximate surface area is 261 Å². The number of unbranched alkanes of at least 4 members (excludes halogenated alkanes) is 26. The van der Waals surface area contributed by atoms with Crippen molar-refractivity contribution in [3.63, 3.8) is 0 Å². The molecule has 0 rings (SSSR count). The van der Waals surface area contributed by atoms with Crippen LogP contribution in [0, 0.1) is 0 Å². The van der Waals surface area contributed by atoms with E-state index in [0.29, 0.717) is 0 Å². The van der Waals surface area contributed by atoms with E-state index in [1.807, 2.05) is 0 Å². The number of esters is 1. The summed E-state index contributed by atoms with van der Waals surface area (Å²) in [5.41, 5.74) is 0. The summed E-state index contributed by atoms with van der Waals surface area (Å²) in [5.74, 6) is -0.770. The highest BCUT2D eigenvalue weighted by atomic mass is 16.6. The molecular formula is C37H72O5. The van der Waals surface area contributed by atoms with Gasteiger partial charge in [-0.15, -0.1) is 0 Å². The van der Waals surface area contributed by atoms with E-state index in [2.05, 4.69) is 13.8 Å². The van der Waals surface area contributed by atoms with E-state index in [4.69, 9.17) is 4.74 Å². The topological polar surface area (TPSA) is 83.8 Å². The van der Waals surface area contributed by atoms with Crippen LogP contribution in [0.4, 0.5) is 0 Å². The number of ether oxygens (including phenoxy) is 1. The maximum Gasteiger partial charge on any atom is 0.306 e. The van der Waals surface area contributed by atoms with Crippen LogP contribution < -0.4 is 0 Å². The van der Waals surface area contributed by atoms with Gasteiger partial charge in [0.1, 0.15) is 0 Å². The van der Waals surface area contributed by atoms with E-state index >= 15 is 0 Å². The Hall–Kier alpha value is -0.940. The molecule has 2 unspecified atom stereocenters. The average molecular weight is 597 g/mol. The van der Waals surface area contributed by atoms with Crippen molar-refractivity contribution in [1.82, 2.24) is 0 Å². The van der Waals surface area contributed by atoms with Crippen molar-refractivity contribution in [2.24, 2.45) is 0 Å². The molecule has 0 fully saturated rings. The van der Waals surface area contributed by atoms with Crippen LogP contribution >= 0.6 is 0 Å². The third kappa shape index (κ3) is 27.9. The molecule has 0 aromatic carbocycles. The van der Waals surface area contributed by atoms with Gasteiger partial charge in [-0.25, -0.2) is 0 Å². The van der Waals surface area contributed by atoms with Gasteiger partial charge in [0, 0.05) is 12.8 Å². The molecule has 250 valence electrons. The Balaban J connectivity index is 3.66. The number of aliphatic hydroxyl groups is 2. The molecular weight excluding hydrogens is 524 g/mol. The lowest BCUT2D eigenvalue weighted by Crippen LogP contribution is -2.40. The predicted molar refractivity (Wildman–Crippen MR) is 178 cm³/mol. The first-order valence-electron chi connectivity index (χ1n) is 18.6. The standard InChI is InChI=1S/C37H72O5/c1-3-5-7-9-11-13-15-17-18-20-22-24-26-28-30-32-36(40)42-35(33-38)37(41)34(39)31-29-27-25-23-21-19-16-14-12-10-8-6-4-2/h35,37-38,41H,3-33H2,1-2H3. The number of rotatable bonds is 34. The Morgan fingerprint density at radius 3 is 1.07 bits per heavy atom. The van der Waals surface area contributed by atoms with Gasteiger partial charge in [-0.1, -0.05) is 181 Å². The molecule has 0 aromatic rings. The highest BCUT2D eigenvalue weighted by molar-refractivity contribution is 5.83. The predicted octanol–water partition coefficient (Wildman–Crippen LogP) is 10.6. The van der Waals surface area contributed by atoms with Gasteiger partial charge in [0.25, 0.3) is 0 Å². The maximum atomic E-state index is 12.4. The SMILES string of the molecule is CCCCCCCCCCCCCCCCCC(=O)OC(CO)C(O)C(=O)CCCCCCCCCCCCCCC. The van der Waals surface area contributed by atoms with E-state index in [1.54, 1.807) is 0 Å². The molecule has 5 nitrogen and oxygen atoms in total.